The van der Waals surface area contributed by atoms with Crippen LogP contribution in [0, 0.1) is 12.7 Å². The number of halogens is 1. The van der Waals surface area contributed by atoms with E-state index in [-0.39, 0.29) is 11.2 Å². The molecule has 1 nitrogen and oxygen atoms in total. The first kappa shape index (κ1) is 11.0. The molecule has 0 radical (unpaired) electrons. The fourth-order valence-electron chi connectivity index (χ4n) is 1.62. The van der Waals surface area contributed by atoms with Crippen molar-refractivity contribution in [3.8, 4) is 5.75 Å². The molecule has 0 N–H and O–H groups in total. The third-order valence-electron chi connectivity index (χ3n) is 2.26. The largest absolute Gasteiger partial charge is 0.496 e. The Balaban J connectivity index is 3.46. The number of hydrogen-bond donors (Lipinski definition) is 0. The van der Waals surface area contributed by atoms with Crippen LogP contribution in [-0.2, 0) is 5.41 Å². The number of ether oxygens (including phenoxy) is 1. The van der Waals surface area contributed by atoms with Gasteiger partial charge < -0.3 is 4.74 Å². The molecule has 14 heavy (non-hydrogen) atoms. The SMILES string of the molecule is COc1c(C)ccc(F)c1C(C)(C)C. The summed E-state index contributed by atoms with van der Waals surface area (Å²) < 4.78 is 18.9. The molecule has 0 bridgehead atoms. The quantitative estimate of drug-likeness (QED) is 0.668. The summed E-state index contributed by atoms with van der Waals surface area (Å²) in [5, 5.41) is 0. The Hall–Kier alpha value is -1.05. The van der Waals surface area contributed by atoms with Gasteiger partial charge in [0.15, 0.2) is 0 Å². The minimum absolute atomic E-state index is 0.194. The molecule has 0 aromatic heterocycles. The molecule has 0 heterocycles. The van der Waals surface area contributed by atoms with E-state index in [9.17, 15) is 4.39 Å². The predicted molar refractivity (Wildman–Crippen MR) is 56.4 cm³/mol. The molecule has 0 atom stereocenters. The second-order valence-electron chi connectivity index (χ2n) is 4.52. The van der Waals surface area contributed by atoms with Crippen LogP contribution in [-0.4, -0.2) is 7.11 Å². The first-order chi connectivity index (χ1) is 6.38. The lowest BCUT2D eigenvalue weighted by Gasteiger charge is -2.23. The van der Waals surface area contributed by atoms with Crippen LogP contribution in [0.25, 0.3) is 0 Å². The van der Waals surface area contributed by atoms with Crippen LogP contribution in [0.4, 0.5) is 4.39 Å². The van der Waals surface area contributed by atoms with Crippen molar-refractivity contribution in [3.05, 3.63) is 29.1 Å². The van der Waals surface area contributed by atoms with E-state index >= 15 is 0 Å². The van der Waals surface area contributed by atoms with Gasteiger partial charge in [-0.05, 0) is 24.0 Å². The monoisotopic (exact) mass is 196 g/mol. The van der Waals surface area contributed by atoms with E-state index in [1.807, 2.05) is 27.7 Å². The summed E-state index contributed by atoms with van der Waals surface area (Å²) in [6, 6.07) is 3.24. The van der Waals surface area contributed by atoms with E-state index in [1.165, 1.54) is 6.07 Å². The predicted octanol–water partition coefficient (Wildman–Crippen LogP) is 3.44. The average Bonchev–Trinajstić information content (AvgIpc) is 2.06. The van der Waals surface area contributed by atoms with Crippen molar-refractivity contribution in [2.45, 2.75) is 33.1 Å². The minimum Gasteiger partial charge on any atom is -0.496 e. The van der Waals surface area contributed by atoms with Crippen LogP contribution in [0.3, 0.4) is 0 Å². The molecular formula is C12H17FO. The Bertz CT molecular complexity index is 337. The third kappa shape index (κ3) is 1.89. The van der Waals surface area contributed by atoms with Gasteiger partial charge in [-0.15, -0.1) is 0 Å². The van der Waals surface area contributed by atoms with Crippen molar-refractivity contribution < 1.29 is 9.13 Å². The van der Waals surface area contributed by atoms with Gasteiger partial charge in [-0.2, -0.15) is 0 Å². The summed E-state index contributed by atoms with van der Waals surface area (Å²) in [5.74, 6) is 0.470. The number of hydrogen-bond acceptors (Lipinski definition) is 1. The van der Waals surface area contributed by atoms with Gasteiger partial charge in [-0.3, -0.25) is 0 Å². The highest BCUT2D eigenvalue weighted by molar-refractivity contribution is 5.45. The second kappa shape index (κ2) is 3.60. The first-order valence-corrected chi connectivity index (χ1v) is 4.71. The zero-order chi connectivity index (χ0) is 10.9. The zero-order valence-corrected chi connectivity index (χ0v) is 9.44. The summed E-state index contributed by atoms with van der Waals surface area (Å²) in [5.41, 5.74) is 1.39. The number of benzene rings is 1. The summed E-state index contributed by atoms with van der Waals surface area (Å²) in [7, 11) is 1.58. The average molecular weight is 196 g/mol. The van der Waals surface area contributed by atoms with E-state index in [0.29, 0.717) is 11.3 Å². The van der Waals surface area contributed by atoms with Gasteiger partial charge >= 0.3 is 0 Å². The Morgan fingerprint density at radius 2 is 1.79 bits per heavy atom. The van der Waals surface area contributed by atoms with E-state index in [4.69, 9.17) is 4.74 Å². The highest BCUT2D eigenvalue weighted by atomic mass is 19.1. The lowest BCUT2D eigenvalue weighted by molar-refractivity contribution is 0.385. The molecule has 0 unspecified atom stereocenters. The van der Waals surface area contributed by atoms with Crippen molar-refractivity contribution in [2.24, 2.45) is 0 Å². The second-order valence-corrected chi connectivity index (χ2v) is 4.52. The van der Waals surface area contributed by atoms with E-state index in [1.54, 1.807) is 13.2 Å². The van der Waals surface area contributed by atoms with Gasteiger partial charge in [0.05, 0.1) is 7.11 Å². The maximum atomic E-state index is 13.6. The summed E-state index contributed by atoms with van der Waals surface area (Å²) in [6.07, 6.45) is 0. The van der Waals surface area contributed by atoms with Crippen LogP contribution in [0.15, 0.2) is 12.1 Å². The Kier molecular flexibility index (Phi) is 2.84. The topological polar surface area (TPSA) is 9.23 Å². The van der Waals surface area contributed by atoms with Crippen LogP contribution < -0.4 is 4.74 Å². The van der Waals surface area contributed by atoms with E-state index in [2.05, 4.69) is 0 Å². The number of methoxy groups -OCH3 is 1. The summed E-state index contributed by atoms with van der Waals surface area (Å²) >= 11 is 0. The van der Waals surface area contributed by atoms with Crippen molar-refractivity contribution in [2.75, 3.05) is 7.11 Å². The smallest absolute Gasteiger partial charge is 0.130 e. The molecule has 0 aliphatic rings. The summed E-state index contributed by atoms with van der Waals surface area (Å²) in [6.45, 7) is 7.86. The molecule has 1 aromatic carbocycles. The van der Waals surface area contributed by atoms with Crippen molar-refractivity contribution in [1.29, 1.82) is 0 Å². The lowest BCUT2D eigenvalue weighted by Crippen LogP contribution is -2.16. The standard InChI is InChI=1S/C12H17FO/c1-8-6-7-9(13)10(11(8)14-5)12(2,3)4/h6-7H,1-5H3. The molecule has 1 aromatic rings. The maximum absolute atomic E-state index is 13.6. The van der Waals surface area contributed by atoms with Crippen LogP contribution in [0.1, 0.15) is 31.9 Å². The molecule has 0 spiro atoms. The molecule has 0 amide bonds. The van der Waals surface area contributed by atoms with E-state index < -0.39 is 0 Å². The highest BCUT2D eigenvalue weighted by Gasteiger charge is 2.24. The number of aryl methyl sites for hydroxylation is 1. The maximum Gasteiger partial charge on any atom is 0.130 e. The molecule has 0 fully saturated rings. The Morgan fingerprint density at radius 1 is 1.21 bits per heavy atom. The summed E-state index contributed by atoms with van der Waals surface area (Å²) in [4.78, 5) is 0. The number of rotatable bonds is 1. The van der Waals surface area contributed by atoms with Crippen LogP contribution in [0.5, 0.6) is 5.75 Å². The van der Waals surface area contributed by atoms with Crippen molar-refractivity contribution in [1.82, 2.24) is 0 Å². The molecule has 0 aliphatic carbocycles. The normalized spacial score (nSPS) is 11.6. The third-order valence-corrected chi connectivity index (χ3v) is 2.26. The van der Waals surface area contributed by atoms with Gasteiger partial charge in [0.25, 0.3) is 0 Å². The van der Waals surface area contributed by atoms with Crippen molar-refractivity contribution in [3.63, 3.8) is 0 Å². The van der Waals surface area contributed by atoms with Crippen molar-refractivity contribution >= 4 is 0 Å². The molecule has 0 aliphatic heterocycles. The van der Waals surface area contributed by atoms with E-state index in [0.717, 1.165) is 5.56 Å². The van der Waals surface area contributed by atoms with Gasteiger partial charge in [0, 0.05) is 5.56 Å². The lowest BCUT2D eigenvalue weighted by atomic mass is 9.85. The van der Waals surface area contributed by atoms with Gasteiger partial charge in [0.1, 0.15) is 11.6 Å². The molecule has 78 valence electrons. The fourth-order valence-corrected chi connectivity index (χ4v) is 1.62. The van der Waals surface area contributed by atoms with Crippen LogP contribution in [0.2, 0.25) is 0 Å². The Morgan fingerprint density at radius 3 is 2.14 bits per heavy atom. The molecule has 0 saturated heterocycles. The Labute approximate surface area is 84.9 Å². The van der Waals surface area contributed by atoms with Gasteiger partial charge in [0.2, 0.25) is 0 Å². The molecule has 0 saturated carbocycles. The van der Waals surface area contributed by atoms with Gasteiger partial charge in [-0.25, -0.2) is 4.39 Å². The first-order valence-electron chi connectivity index (χ1n) is 4.71. The molecule has 1 rings (SSSR count). The molecule has 2 heteroatoms. The molecular weight excluding hydrogens is 179 g/mol. The highest BCUT2D eigenvalue weighted by Crippen LogP contribution is 2.35. The minimum atomic E-state index is -0.235. The fraction of sp³-hybridized carbons (Fsp3) is 0.500. The van der Waals surface area contributed by atoms with Crippen LogP contribution >= 0.6 is 0 Å². The van der Waals surface area contributed by atoms with Gasteiger partial charge in [-0.1, -0.05) is 26.8 Å². The zero-order valence-electron chi connectivity index (χ0n) is 9.44.